The highest BCUT2D eigenvalue weighted by Crippen LogP contribution is 2.16. The van der Waals surface area contributed by atoms with Gasteiger partial charge in [-0.15, -0.1) is 0 Å². The summed E-state index contributed by atoms with van der Waals surface area (Å²) in [7, 11) is 1.69. The molecule has 1 rings (SSSR count). The Morgan fingerprint density at radius 1 is 1.67 bits per heavy atom. The molecular weight excluding hydrogens is 192 g/mol. The van der Waals surface area contributed by atoms with E-state index in [4.69, 9.17) is 4.74 Å². The van der Waals surface area contributed by atoms with Crippen molar-refractivity contribution in [3.63, 3.8) is 0 Å². The van der Waals surface area contributed by atoms with Gasteiger partial charge in [0, 0.05) is 19.8 Å². The lowest BCUT2D eigenvalue weighted by atomic mass is 10.1. The maximum atomic E-state index is 11.7. The van der Waals surface area contributed by atoms with Gasteiger partial charge in [0.25, 0.3) is 0 Å². The topological polar surface area (TPSA) is 41.6 Å². The smallest absolute Gasteiger partial charge is 0.238 e. The molecule has 1 saturated heterocycles. The second-order valence-electron chi connectivity index (χ2n) is 4.12. The molecule has 1 N–H and O–H groups in total. The molecule has 0 radical (unpaired) electrons. The van der Waals surface area contributed by atoms with E-state index in [1.165, 1.54) is 0 Å². The molecule has 2 unspecified atom stereocenters. The number of nitrogens with one attached hydrogen (secondary N) is 1. The Kier molecular flexibility index (Phi) is 5.05. The van der Waals surface area contributed by atoms with E-state index in [1.54, 1.807) is 7.11 Å². The molecule has 0 saturated carbocycles. The molecule has 0 spiro atoms. The molecule has 4 heteroatoms. The molecule has 1 fully saturated rings. The van der Waals surface area contributed by atoms with Crippen LogP contribution in [0.2, 0.25) is 0 Å². The SMILES string of the molecule is CCCC1NCC(=O)N1C(C)CCOC. The minimum Gasteiger partial charge on any atom is -0.385 e. The van der Waals surface area contributed by atoms with Gasteiger partial charge < -0.3 is 9.64 Å². The molecule has 0 aliphatic carbocycles. The number of amides is 1. The Bertz CT molecular complexity index is 209. The number of carbonyl (C=O) groups is 1. The lowest BCUT2D eigenvalue weighted by Crippen LogP contribution is -2.43. The zero-order valence-electron chi connectivity index (χ0n) is 9.95. The average Bonchev–Trinajstić information content (AvgIpc) is 2.57. The van der Waals surface area contributed by atoms with Gasteiger partial charge in [-0.3, -0.25) is 10.1 Å². The summed E-state index contributed by atoms with van der Waals surface area (Å²) >= 11 is 0. The summed E-state index contributed by atoms with van der Waals surface area (Å²) in [5.74, 6) is 0.219. The van der Waals surface area contributed by atoms with E-state index in [2.05, 4.69) is 19.2 Å². The first-order chi connectivity index (χ1) is 7.20. The zero-order valence-corrected chi connectivity index (χ0v) is 9.95. The molecule has 0 aromatic heterocycles. The maximum absolute atomic E-state index is 11.7. The molecule has 0 aromatic rings. The molecule has 1 heterocycles. The van der Waals surface area contributed by atoms with Crippen molar-refractivity contribution in [2.75, 3.05) is 20.3 Å². The Labute approximate surface area is 92.0 Å². The van der Waals surface area contributed by atoms with Gasteiger partial charge in [-0.25, -0.2) is 0 Å². The van der Waals surface area contributed by atoms with Gasteiger partial charge in [0.2, 0.25) is 5.91 Å². The van der Waals surface area contributed by atoms with Gasteiger partial charge in [-0.2, -0.15) is 0 Å². The van der Waals surface area contributed by atoms with Crippen molar-refractivity contribution in [3.8, 4) is 0 Å². The third-order valence-electron chi connectivity index (χ3n) is 2.89. The molecular formula is C11H22N2O2. The van der Waals surface area contributed by atoms with Crippen molar-refractivity contribution in [1.82, 2.24) is 10.2 Å². The standard InChI is InChI=1S/C11H22N2O2/c1-4-5-10-12-8-11(14)13(10)9(2)6-7-15-3/h9-10,12H,4-8H2,1-3H3. The molecule has 2 atom stereocenters. The summed E-state index contributed by atoms with van der Waals surface area (Å²) < 4.78 is 5.04. The van der Waals surface area contributed by atoms with Crippen LogP contribution in [0.15, 0.2) is 0 Å². The minimum atomic E-state index is 0.219. The van der Waals surface area contributed by atoms with Crippen LogP contribution in [0, 0.1) is 0 Å². The van der Waals surface area contributed by atoms with E-state index < -0.39 is 0 Å². The van der Waals surface area contributed by atoms with Crippen molar-refractivity contribution in [1.29, 1.82) is 0 Å². The van der Waals surface area contributed by atoms with Gasteiger partial charge in [0.15, 0.2) is 0 Å². The van der Waals surface area contributed by atoms with Crippen LogP contribution in [-0.2, 0) is 9.53 Å². The van der Waals surface area contributed by atoms with E-state index in [1.807, 2.05) is 4.90 Å². The molecule has 1 amide bonds. The van der Waals surface area contributed by atoms with Crippen LogP contribution in [0.25, 0.3) is 0 Å². The molecule has 1 aliphatic rings. The van der Waals surface area contributed by atoms with Crippen LogP contribution < -0.4 is 5.32 Å². The first kappa shape index (κ1) is 12.5. The lowest BCUT2D eigenvalue weighted by molar-refractivity contribution is -0.130. The van der Waals surface area contributed by atoms with E-state index in [0.29, 0.717) is 13.2 Å². The van der Waals surface area contributed by atoms with Crippen LogP contribution in [0.4, 0.5) is 0 Å². The summed E-state index contributed by atoms with van der Waals surface area (Å²) in [5, 5.41) is 3.25. The highest BCUT2D eigenvalue weighted by atomic mass is 16.5. The number of nitrogens with zero attached hydrogens (tertiary/aromatic N) is 1. The van der Waals surface area contributed by atoms with Crippen LogP contribution in [-0.4, -0.2) is 43.3 Å². The monoisotopic (exact) mass is 214 g/mol. The number of ether oxygens (including phenoxy) is 1. The summed E-state index contributed by atoms with van der Waals surface area (Å²) in [6.45, 7) is 5.43. The van der Waals surface area contributed by atoms with E-state index >= 15 is 0 Å². The summed E-state index contributed by atoms with van der Waals surface area (Å²) in [6.07, 6.45) is 3.26. The number of rotatable bonds is 6. The number of hydrogen-bond acceptors (Lipinski definition) is 3. The molecule has 0 aromatic carbocycles. The van der Waals surface area contributed by atoms with Crippen molar-refractivity contribution in [2.24, 2.45) is 0 Å². The first-order valence-corrected chi connectivity index (χ1v) is 5.74. The van der Waals surface area contributed by atoms with Gasteiger partial charge >= 0.3 is 0 Å². The van der Waals surface area contributed by atoms with Crippen molar-refractivity contribution >= 4 is 5.91 Å². The largest absolute Gasteiger partial charge is 0.385 e. The van der Waals surface area contributed by atoms with Crippen molar-refractivity contribution < 1.29 is 9.53 Å². The van der Waals surface area contributed by atoms with Gasteiger partial charge in [0.1, 0.15) is 0 Å². The Balaban J connectivity index is 2.50. The van der Waals surface area contributed by atoms with Gasteiger partial charge in [-0.1, -0.05) is 13.3 Å². The van der Waals surface area contributed by atoms with Crippen LogP contribution in [0.3, 0.4) is 0 Å². The predicted octanol–water partition coefficient (Wildman–Crippen LogP) is 0.969. The highest BCUT2D eigenvalue weighted by Gasteiger charge is 2.32. The Morgan fingerprint density at radius 2 is 2.40 bits per heavy atom. The first-order valence-electron chi connectivity index (χ1n) is 5.74. The minimum absolute atomic E-state index is 0.219. The van der Waals surface area contributed by atoms with Crippen LogP contribution in [0.1, 0.15) is 33.1 Å². The fraction of sp³-hybridized carbons (Fsp3) is 0.909. The summed E-state index contributed by atoms with van der Waals surface area (Å²) in [4.78, 5) is 13.7. The third-order valence-corrected chi connectivity index (χ3v) is 2.89. The molecule has 4 nitrogen and oxygen atoms in total. The van der Waals surface area contributed by atoms with Crippen molar-refractivity contribution in [2.45, 2.75) is 45.3 Å². The number of carbonyl (C=O) groups excluding carboxylic acids is 1. The average molecular weight is 214 g/mol. The van der Waals surface area contributed by atoms with E-state index in [0.717, 1.165) is 19.3 Å². The second kappa shape index (κ2) is 6.08. The van der Waals surface area contributed by atoms with Gasteiger partial charge in [0.05, 0.1) is 12.7 Å². The predicted molar refractivity (Wildman–Crippen MR) is 59.5 cm³/mol. The fourth-order valence-electron chi connectivity index (χ4n) is 2.06. The van der Waals surface area contributed by atoms with Crippen LogP contribution >= 0.6 is 0 Å². The van der Waals surface area contributed by atoms with Crippen molar-refractivity contribution in [3.05, 3.63) is 0 Å². The third kappa shape index (κ3) is 3.18. The highest BCUT2D eigenvalue weighted by molar-refractivity contribution is 5.80. The van der Waals surface area contributed by atoms with E-state index in [-0.39, 0.29) is 18.1 Å². The quantitative estimate of drug-likeness (QED) is 0.716. The lowest BCUT2D eigenvalue weighted by Gasteiger charge is -2.30. The normalized spacial score (nSPS) is 23.5. The Morgan fingerprint density at radius 3 is 3.00 bits per heavy atom. The molecule has 15 heavy (non-hydrogen) atoms. The number of hydrogen-bond donors (Lipinski definition) is 1. The van der Waals surface area contributed by atoms with Crippen LogP contribution in [0.5, 0.6) is 0 Å². The summed E-state index contributed by atoms with van der Waals surface area (Å²) in [5.41, 5.74) is 0. The molecule has 88 valence electrons. The molecule has 1 aliphatic heterocycles. The van der Waals surface area contributed by atoms with Gasteiger partial charge in [-0.05, 0) is 19.8 Å². The zero-order chi connectivity index (χ0) is 11.3. The summed E-state index contributed by atoms with van der Waals surface area (Å²) in [6, 6.07) is 0.268. The fourth-order valence-corrected chi connectivity index (χ4v) is 2.06. The maximum Gasteiger partial charge on any atom is 0.238 e. The number of methoxy groups -OCH3 is 1. The molecule has 0 bridgehead atoms. The Hall–Kier alpha value is -0.610. The van der Waals surface area contributed by atoms with E-state index in [9.17, 15) is 4.79 Å². The second-order valence-corrected chi connectivity index (χ2v) is 4.12.